The number of hydrogen-bond acceptors (Lipinski definition) is 5. The fourth-order valence-corrected chi connectivity index (χ4v) is 4.33. The summed E-state index contributed by atoms with van der Waals surface area (Å²) in [5.74, 6) is 0.465. The van der Waals surface area contributed by atoms with Gasteiger partial charge in [-0.3, -0.25) is 4.79 Å². The molecular weight excluding hydrogens is 378 g/mol. The zero-order valence-electron chi connectivity index (χ0n) is 16.3. The van der Waals surface area contributed by atoms with E-state index in [1.54, 1.807) is 17.9 Å². The number of aromatic nitrogens is 1. The maximum Gasteiger partial charge on any atom is 0.259 e. The number of amides is 1. The van der Waals surface area contributed by atoms with E-state index in [0.717, 1.165) is 5.56 Å². The lowest BCUT2D eigenvalue weighted by molar-refractivity contribution is 0.0695. The average Bonchev–Trinajstić information content (AvgIpc) is 3.08. The molecule has 0 N–H and O–H groups in total. The van der Waals surface area contributed by atoms with Gasteiger partial charge in [0.15, 0.2) is 5.76 Å². The van der Waals surface area contributed by atoms with Crippen molar-refractivity contribution in [2.45, 2.75) is 26.7 Å². The molecule has 0 unspecified atom stereocenters. The third-order valence-corrected chi connectivity index (χ3v) is 6.31. The fraction of sp³-hybridized carbons (Fsp3) is 0.400. The van der Waals surface area contributed by atoms with Crippen molar-refractivity contribution in [3.8, 4) is 0 Å². The van der Waals surface area contributed by atoms with Gasteiger partial charge in [-0.15, -0.1) is 0 Å². The minimum atomic E-state index is -3.53. The van der Waals surface area contributed by atoms with Crippen molar-refractivity contribution in [2.24, 2.45) is 0 Å². The van der Waals surface area contributed by atoms with E-state index in [1.807, 2.05) is 44.2 Å². The van der Waals surface area contributed by atoms with Gasteiger partial charge in [-0.1, -0.05) is 49.3 Å². The molecule has 150 valence electrons. The maximum atomic E-state index is 12.9. The summed E-state index contributed by atoms with van der Waals surface area (Å²) in [6.45, 7) is 6.82. The molecule has 8 heteroatoms. The molecule has 1 amide bonds. The molecule has 28 heavy (non-hydrogen) atoms. The van der Waals surface area contributed by atoms with E-state index >= 15 is 0 Å². The molecule has 7 nitrogen and oxygen atoms in total. The Hall–Kier alpha value is -2.45. The third-order valence-electron chi connectivity index (χ3n) is 4.75. The van der Waals surface area contributed by atoms with Gasteiger partial charge < -0.3 is 9.42 Å². The second-order valence-corrected chi connectivity index (χ2v) is 8.93. The van der Waals surface area contributed by atoms with E-state index in [-0.39, 0.29) is 24.9 Å². The summed E-state index contributed by atoms with van der Waals surface area (Å²) >= 11 is 0. The first-order chi connectivity index (χ1) is 13.3. The molecule has 1 aliphatic heterocycles. The van der Waals surface area contributed by atoms with Crippen LogP contribution in [0.1, 0.15) is 47.1 Å². The number of rotatable bonds is 5. The van der Waals surface area contributed by atoms with Gasteiger partial charge in [0.05, 0.1) is 5.69 Å². The Morgan fingerprint density at radius 1 is 1.14 bits per heavy atom. The van der Waals surface area contributed by atoms with E-state index in [0.29, 0.717) is 30.1 Å². The van der Waals surface area contributed by atoms with Gasteiger partial charge >= 0.3 is 0 Å². The largest absolute Gasteiger partial charge is 0.360 e. The van der Waals surface area contributed by atoms with Crippen molar-refractivity contribution in [3.63, 3.8) is 0 Å². The first-order valence-electron chi connectivity index (χ1n) is 9.28. The number of hydrogen-bond donors (Lipinski definition) is 0. The molecule has 0 bridgehead atoms. The third kappa shape index (κ3) is 4.34. The number of piperazine rings is 1. The van der Waals surface area contributed by atoms with E-state index in [9.17, 15) is 13.2 Å². The predicted molar refractivity (Wildman–Crippen MR) is 107 cm³/mol. The number of sulfonamides is 1. The highest BCUT2D eigenvalue weighted by molar-refractivity contribution is 7.92. The summed E-state index contributed by atoms with van der Waals surface area (Å²) in [7, 11) is -3.53. The Labute approximate surface area is 165 Å². The molecule has 0 atom stereocenters. The quantitative estimate of drug-likeness (QED) is 0.766. The predicted octanol–water partition coefficient (Wildman–Crippen LogP) is 2.86. The minimum Gasteiger partial charge on any atom is -0.360 e. The summed E-state index contributed by atoms with van der Waals surface area (Å²) in [5.41, 5.74) is 1.88. The van der Waals surface area contributed by atoms with Gasteiger partial charge in [0.25, 0.3) is 5.91 Å². The highest BCUT2D eigenvalue weighted by atomic mass is 32.2. The standard InChI is InChI=1S/C20H25N3O4S/c1-15(2)19-18(16(3)21-27-19)20(24)22-10-12-23(13-11-22)28(25,26)14-9-17-7-5-4-6-8-17/h4-9,14-15H,10-13H2,1-3H3/b14-9+. The van der Waals surface area contributed by atoms with Crippen molar-refractivity contribution in [1.29, 1.82) is 0 Å². The zero-order chi connectivity index (χ0) is 20.3. The normalized spacial score (nSPS) is 16.2. The Morgan fingerprint density at radius 2 is 1.79 bits per heavy atom. The van der Waals surface area contributed by atoms with Crippen LogP contribution in [0.4, 0.5) is 0 Å². The van der Waals surface area contributed by atoms with Crippen LogP contribution in [0.2, 0.25) is 0 Å². The van der Waals surface area contributed by atoms with Crippen LogP contribution in [0.25, 0.3) is 6.08 Å². The number of benzene rings is 1. The van der Waals surface area contributed by atoms with Crippen LogP contribution < -0.4 is 0 Å². The molecule has 3 rings (SSSR count). The minimum absolute atomic E-state index is 0.0462. The van der Waals surface area contributed by atoms with Crippen LogP contribution >= 0.6 is 0 Å². The smallest absolute Gasteiger partial charge is 0.259 e. The molecule has 1 saturated heterocycles. The molecule has 0 saturated carbocycles. The molecule has 0 radical (unpaired) electrons. The maximum absolute atomic E-state index is 12.9. The van der Waals surface area contributed by atoms with Gasteiger partial charge in [-0.25, -0.2) is 8.42 Å². The van der Waals surface area contributed by atoms with Crippen LogP contribution in [0.3, 0.4) is 0 Å². The topological polar surface area (TPSA) is 83.7 Å². The number of nitrogens with zero attached hydrogens (tertiary/aromatic N) is 3. The Bertz CT molecular complexity index is 957. The molecule has 1 aromatic carbocycles. The van der Waals surface area contributed by atoms with Crippen LogP contribution in [0.15, 0.2) is 40.3 Å². The summed E-state index contributed by atoms with van der Waals surface area (Å²) in [5, 5.41) is 5.15. The molecule has 1 aliphatic rings. The summed E-state index contributed by atoms with van der Waals surface area (Å²) in [6, 6.07) is 9.28. The van der Waals surface area contributed by atoms with Gasteiger partial charge in [0.2, 0.25) is 10.0 Å². The van der Waals surface area contributed by atoms with Crippen molar-refractivity contribution in [1.82, 2.24) is 14.4 Å². The zero-order valence-corrected chi connectivity index (χ0v) is 17.1. The van der Waals surface area contributed by atoms with Crippen LogP contribution in [-0.2, 0) is 10.0 Å². The van der Waals surface area contributed by atoms with Crippen molar-refractivity contribution >= 4 is 22.0 Å². The monoisotopic (exact) mass is 403 g/mol. The Kier molecular flexibility index (Phi) is 6.00. The van der Waals surface area contributed by atoms with Crippen molar-refractivity contribution < 1.29 is 17.7 Å². The van der Waals surface area contributed by atoms with Crippen molar-refractivity contribution in [2.75, 3.05) is 26.2 Å². The number of carbonyl (C=O) groups excluding carboxylic acids is 1. The molecule has 2 heterocycles. The SMILES string of the molecule is Cc1noc(C(C)C)c1C(=O)N1CCN(S(=O)(=O)/C=C/c2ccccc2)CC1. The van der Waals surface area contributed by atoms with E-state index in [1.165, 1.54) is 9.71 Å². The van der Waals surface area contributed by atoms with Gasteiger partial charge in [-0.05, 0) is 18.6 Å². The lowest BCUT2D eigenvalue weighted by Crippen LogP contribution is -2.50. The number of carbonyl (C=O) groups is 1. The molecule has 1 fully saturated rings. The number of aryl methyl sites for hydroxylation is 1. The second kappa shape index (κ2) is 8.28. The van der Waals surface area contributed by atoms with E-state index < -0.39 is 10.0 Å². The molecule has 2 aromatic rings. The van der Waals surface area contributed by atoms with Gasteiger partial charge in [-0.2, -0.15) is 4.31 Å². The van der Waals surface area contributed by atoms with Crippen LogP contribution in [0.5, 0.6) is 0 Å². The molecular formula is C20H25N3O4S. The fourth-order valence-electron chi connectivity index (χ4n) is 3.16. The Morgan fingerprint density at radius 3 is 2.39 bits per heavy atom. The molecule has 1 aromatic heterocycles. The first-order valence-corrected chi connectivity index (χ1v) is 10.8. The first kappa shape index (κ1) is 20.3. The lowest BCUT2D eigenvalue weighted by Gasteiger charge is -2.33. The summed E-state index contributed by atoms with van der Waals surface area (Å²) < 4.78 is 31.9. The summed E-state index contributed by atoms with van der Waals surface area (Å²) in [6.07, 6.45) is 1.59. The van der Waals surface area contributed by atoms with E-state index in [2.05, 4.69) is 5.16 Å². The van der Waals surface area contributed by atoms with Gasteiger partial charge in [0, 0.05) is 37.5 Å². The lowest BCUT2D eigenvalue weighted by atomic mass is 10.0. The van der Waals surface area contributed by atoms with Crippen LogP contribution in [0, 0.1) is 6.92 Å². The molecule has 0 aliphatic carbocycles. The summed E-state index contributed by atoms with van der Waals surface area (Å²) in [4.78, 5) is 14.6. The highest BCUT2D eigenvalue weighted by Gasteiger charge is 2.31. The average molecular weight is 404 g/mol. The Balaban J connectivity index is 1.66. The van der Waals surface area contributed by atoms with Gasteiger partial charge in [0.1, 0.15) is 5.56 Å². The molecule has 0 spiro atoms. The van der Waals surface area contributed by atoms with Crippen LogP contribution in [-0.4, -0.2) is 54.9 Å². The second-order valence-electron chi connectivity index (χ2n) is 7.11. The van der Waals surface area contributed by atoms with E-state index in [4.69, 9.17) is 4.52 Å². The van der Waals surface area contributed by atoms with Crippen molar-refractivity contribution in [3.05, 3.63) is 58.3 Å². The highest BCUT2D eigenvalue weighted by Crippen LogP contribution is 2.24.